The van der Waals surface area contributed by atoms with Crippen LogP contribution in [-0.2, 0) is 0 Å². The molecule has 90 valence electrons. The molecule has 2 fully saturated rings. The lowest BCUT2D eigenvalue weighted by molar-refractivity contribution is 0.443. The van der Waals surface area contributed by atoms with Crippen molar-refractivity contribution in [2.45, 2.75) is 12.8 Å². The summed E-state index contributed by atoms with van der Waals surface area (Å²) in [7, 11) is 0. The summed E-state index contributed by atoms with van der Waals surface area (Å²) >= 11 is 0. The normalized spacial score (nSPS) is 30.8. The second kappa shape index (κ2) is 3.53. The Morgan fingerprint density at radius 2 is 2.35 bits per heavy atom. The molecule has 0 amide bonds. The Bertz CT molecular complexity index is 486. The summed E-state index contributed by atoms with van der Waals surface area (Å²) in [5.74, 6) is 0.156. The fourth-order valence-electron chi connectivity index (χ4n) is 2.98. The SMILES string of the molecule is N=C(c1cccc(F)c1N)C12CNCCC1C2. The van der Waals surface area contributed by atoms with E-state index in [4.69, 9.17) is 11.1 Å². The summed E-state index contributed by atoms with van der Waals surface area (Å²) < 4.78 is 13.4. The van der Waals surface area contributed by atoms with E-state index in [2.05, 4.69) is 5.32 Å². The minimum Gasteiger partial charge on any atom is -0.396 e. The Balaban J connectivity index is 1.95. The minimum atomic E-state index is -0.426. The average molecular weight is 233 g/mol. The highest BCUT2D eigenvalue weighted by Crippen LogP contribution is 2.57. The van der Waals surface area contributed by atoms with Gasteiger partial charge in [0, 0.05) is 23.2 Å². The van der Waals surface area contributed by atoms with Crippen molar-refractivity contribution in [2.24, 2.45) is 11.3 Å². The fourth-order valence-corrected chi connectivity index (χ4v) is 2.98. The first-order valence-corrected chi connectivity index (χ1v) is 5.99. The number of para-hydroxylation sites is 1. The number of halogens is 1. The highest BCUT2D eigenvalue weighted by atomic mass is 19.1. The number of anilines is 1. The molecule has 1 aromatic carbocycles. The number of nitrogen functional groups attached to an aromatic ring is 1. The molecule has 2 unspecified atom stereocenters. The van der Waals surface area contributed by atoms with Crippen LogP contribution in [0.1, 0.15) is 18.4 Å². The fraction of sp³-hybridized carbons (Fsp3) is 0.462. The van der Waals surface area contributed by atoms with Crippen LogP contribution in [-0.4, -0.2) is 18.8 Å². The monoisotopic (exact) mass is 233 g/mol. The van der Waals surface area contributed by atoms with Crippen LogP contribution >= 0.6 is 0 Å². The first-order chi connectivity index (χ1) is 8.15. The molecule has 0 spiro atoms. The number of hydrogen-bond acceptors (Lipinski definition) is 3. The van der Waals surface area contributed by atoms with Gasteiger partial charge in [0.25, 0.3) is 0 Å². The van der Waals surface area contributed by atoms with Gasteiger partial charge in [-0.25, -0.2) is 4.39 Å². The predicted octanol–water partition coefficient (Wildman–Crippen LogP) is 1.78. The van der Waals surface area contributed by atoms with E-state index in [0.717, 1.165) is 25.9 Å². The molecule has 17 heavy (non-hydrogen) atoms. The van der Waals surface area contributed by atoms with E-state index in [1.54, 1.807) is 12.1 Å². The Morgan fingerprint density at radius 3 is 3.12 bits per heavy atom. The number of benzene rings is 1. The third-order valence-electron chi connectivity index (χ3n) is 4.16. The van der Waals surface area contributed by atoms with Crippen LogP contribution < -0.4 is 11.1 Å². The number of fused-ring (bicyclic) bond motifs is 1. The molecule has 4 heteroatoms. The number of rotatable bonds is 2. The molecule has 0 radical (unpaired) electrons. The molecule has 1 aliphatic carbocycles. The van der Waals surface area contributed by atoms with Gasteiger partial charge in [-0.3, -0.25) is 0 Å². The van der Waals surface area contributed by atoms with Gasteiger partial charge in [0.05, 0.1) is 5.69 Å². The highest BCUT2D eigenvalue weighted by molar-refractivity contribution is 6.08. The van der Waals surface area contributed by atoms with Crippen molar-refractivity contribution in [1.82, 2.24) is 5.32 Å². The zero-order chi connectivity index (χ0) is 12.0. The third kappa shape index (κ3) is 1.47. The lowest BCUT2D eigenvalue weighted by atomic mass is 9.88. The summed E-state index contributed by atoms with van der Waals surface area (Å²) in [6.07, 6.45) is 2.15. The maximum atomic E-state index is 13.4. The van der Waals surface area contributed by atoms with Crippen LogP contribution in [0.25, 0.3) is 0 Å². The van der Waals surface area contributed by atoms with Crippen molar-refractivity contribution in [2.75, 3.05) is 18.8 Å². The molecule has 1 heterocycles. The minimum absolute atomic E-state index is 0.0832. The van der Waals surface area contributed by atoms with Crippen LogP contribution in [0.2, 0.25) is 0 Å². The van der Waals surface area contributed by atoms with Gasteiger partial charge in [0.1, 0.15) is 5.82 Å². The number of piperidine rings is 1. The number of hydrogen-bond donors (Lipinski definition) is 3. The van der Waals surface area contributed by atoms with Crippen molar-refractivity contribution >= 4 is 11.4 Å². The van der Waals surface area contributed by atoms with Gasteiger partial charge >= 0.3 is 0 Å². The van der Waals surface area contributed by atoms with Crippen LogP contribution in [0, 0.1) is 22.6 Å². The second-order valence-corrected chi connectivity index (χ2v) is 5.10. The van der Waals surface area contributed by atoms with Crippen LogP contribution in [0.5, 0.6) is 0 Å². The Hall–Kier alpha value is -1.42. The maximum absolute atomic E-state index is 13.4. The largest absolute Gasteiger partial charge is 0.396 e. The zero-order valence-electron chi connectivity index (χ0n) is 9.59. The maximum Gasteiger partial charge on any atom is 0.146 e. The van der Waals surface area contributed by atoms with Crippen molar-refractivity contribution < 1.29 is 4.39 Å². The topological polar surface area (TPSA) is 61.9 Å². The smallest absolute Gasteiger partial charge is 0.146 e. The van der Waals surface area contributed by atoms with Crippen LogP contribution in [0.3, 0.4) is 0 Å². The molecule has 1 saturated carbocycles. The summed E-state index contributed by atoms with van der Waals surface area (Å²) in [6.45, 7) is 1.85. The first-order valence-electron chi connectivity index (χ1n) is 5.99. The van der Waals surface area contributed by atoms with Crippen LogP contribution in [0.4, 0.5) is 10.1 Å². The molecule has 1 saturated heterocycles. The third-order valence-corrected chi connectivity index (χ3v) is 4.16. The summed E-state index contributed by atoms with van der Waals surface area (Å²) in [5, 5.41) is 11.6. The van der Waals surface area contributed by atoms with Gasteiger partial charge in [0.2, 0.25) is 0 Å². The van der Waals surface area contributed by atoms with E-state index in [0.29, 0.717) is 17.2 Å². The van der Waals surface area contributed by atoms with E-state index in [1.807, 2.05) is 0 Å². The lowest BCUT2D eigenvalue weighted by Gasteiger charge is -2.24. The lowest BCUT2D eigenvalue weighted by Crippen LogP contribution is -2.37. The highest BCUT2D eigenvalue weighted by Gasteiger charge is 2.58. The van der Waals surface area contributed by atoms with Gasteiger partial charge in [-0.1, -0.05) is 12.1 Å². The molecule has 0 aromatic heterocycles. The first kappa shape index (κ1) is 10.7. The van der Waals surface area contributed by atoms with E-state index in [1.165, 1.54) is 6.07 Å². The number of nitrogens with one attached hydrogen (secondary N) is 2. The van der Waals surface area contributed by atoms with Crippen molar-refractivity contribution in [3.05, 3.63) is 29.6 Å². The van der Waals surface area contributed by atoms with E-state index in [-0.39, 0.29) is 11.1 Å². The predicted molar refractivity (Wildman–Crippen MR) is 65.7 cm³/mol. The van der Waals surface area contributed by atoms with Crippen molar-refractivity contribution in [1.29, 1.82) is 5.41 Å². The van der Waals surface area contributed by atoms with Gasteiger partial charge in [0.15, 0.2) is 0 Å². The van der Waals surface area contributed by atoms with E-state index < -0.39 is 5.82 Å². The Labute approximate surface area is 99.7 Å². The number of nitrogens with two attached hydrogens (primary N) is 1. The molecule has 3 rings (SSSR count). The standard InChI is InChI=1S/C13H16FN3/c14-10-3-1-2-9(11(10)15)12(16)13-6-8(13)4-5-17-7-13/h1-3,8,16-17H,4-7,15H2. The van der Waals surface area contributed by atoms with Crippen molar-refractivity contribution in [3.63, 3.8) is 0 Å². The molecule has 2 atom stereocenters. The van der Waals surface area contributed by atoms with Gasteiger partial charge < -0.3 is 16.5 Å². The average Bonchev–Trinajstić information content (AvgIpc) is 3.07. The zero-order valence-corrected chi connectivity index (χ0v) is 9.59. The van der Waals surface area contributed by atoms with Crippen LogP contribution in [0.15, 0.2) is 18.2 Å². The molecule has 0 bridgehead atoms. The summed E-state index contributed by atoms with van der Waals surface area (Å²) in [5.41, 5.74) is 6.83. The Morgan fingerprint density at radius 1 is 1.53 bits per heavy atom. The summed E-state index contributed by atoms with van der Waals surface area (Å²) in [6, 6.07) is 4.71. The van der Waals surface area contributed by atoms with Gasteiger partial charge in [-0.05, 0) is 31.4 Å². The molecule has 4 N–H and O–H groups in total. The molecule has 3 nitrogen and oxygen atoms in total. The van der Waals surface area contributed by atoms with Crippen molar-refractivity contribution in [3.8, 4) is 0 Å². The molecule has 1 aliphatic heterocycles. The summed E-state index contributed by atoms with van der Waals surface area (Å²) in [4.78, 5) is 0. The molecular weight excluding hydrogens is 217 g/mol. The van der Waals surface area contributed by atoms with E-state index in [9.17, 15) is 4.39 Å². The van der Waals surface area contributed by atoms with Gasteiger partial charge in [-0.15, -0.1) is 0 Å². The Kier molecular flexibility index (Phi) is 2.23. The molecule has 2 aliphatic rings. The molecule has 1 aromatic rings. The second-order valence-electron chi connectivity index (χ2n) is 5.10. The quantitative estimate of drug-likeness (QED) is 0.538. The van der Waals surface area contributed by atoms with Gasteiger partial charge in [-0.2, -0.15) is 0 Å². The van der Waals surface area contributed by atoms with E-state index >= 15 is 0 Å². The molecular formula is C13H16FN3.